The number of hydrogen-bond acceptors (Lipinski definition) is 4. The summed E-state index contributed by atoms with van der Waals surface area (Å²) in [6.07, 6.45) is 6.47. The summed E-state index contributed by atoms with van der Waals surface area (Å²) in [5.41, 5.74) is 1.98. The van der Waals surface area contributed by atoms with Gasteiger partial charge in [0.15, 0.2) is 6.61 Å². The van der Waals surface area contributed by atoms with E-state index in [2.05, 4.69) is 5.32 Å². The highest BCUT2D eigenvalue weighted by Crippen LogP contribution is 2.27. The lowest BCUT2D eigenvalue weighted by atomic mass is 9.95. The fourth-order valence-corrected chi connectivity index (χ4v) is 3.46. The van der Waals surface area contributed by atoms with Crippen LogP contribution in [0.3, 0.4) is 0 Å². The fraction of sp³-hybridized carbons (Fsp3) is 0.500. The summed E-state index contributed by atoms with van der Waals surface area (Å²) >= 11 is 0. The van der Waals surface area contributed by atoms with E-state index < -0.39 is 0 Å². The van der Waals surface area contributed by atoms with Gasteiger partial charge in [0.25, 0.3) is 5.91 Å². The van der Waals surface area contributed by atoms with Gasteiger partial charge in [0.2, 0.25) is 0 Å². The Morgan fingerprint density at radius 1 is 1.24 bits per heavy atom. The molecule has 25 heavy (non-hydrogen) atoms. The molecule has 1 fully saturated rings. The van der Waals surface area contributed by atoms with Crippen molar-refractivity contribution in [1.29, 1.82) is 0 Å². The zero-order chi connectivity index (χ0) is 17.8. The second-order valence-corrected chi connectivity index (χ2v) is 6.75. The molecule has 0 radical (unpaired) electrons. The van der Waals surface area contributed by atoms with E-state index in [-0.39, 0.29) is 24.2 Å². The Bertz CT molecular complexity index is 818. The van der Waals surface area contributed by atoms with E-state index in [9.17, 15) is 9.59 Å². The fourth-order valence-electron chi connectivity index (χ4n) is 3.46. The van der Waals surface area contributed by atoms with Crippen LogP contribution in [0.25, 0.3) is 11.0 Å². The molecule has 5 nitrogen and oxygen atoms in total. The van der Waals surface area contributed by atoms with Gasteiger partial charge in [-0.25, -0.2) is 4.79 Å². The smallest absolute Gasteiger partial charge is 0.336 e. The van der Waals surface area contributed by atoms with Crippen molar-refractivity contribution in [3.05, 3.63) is 39.7 Å². The number of nitrogens with one attached hydrogen (secondary N) is 1. The van der Waals surface area contributed by atoms with E-state index in [4.69, 9.17) is 9.15 Å². The van der Waals surface area contributed by atoms with Gasteiger partial charge in [0, 0.05) is 23.6 Å². The molecule has 0 bridgehead atoms. The van der Waals surface area contributed by atoms with Crippen LogP contribution < -0.4 is 15.7 Å². The van der Waals surface area contributed by atoms with Gasteiger partial charge in [-0.2, -0.15) is 0 Å². The second kappa shape index (κ2) is 7.72. The summed E-state index contributed by atoms with van der Waals surface area (Å²) in [7, 11) is 0. The third-order valence-corrected chi connectivity index (χ3v) is 4.84. The Morgan fingerprint density at radius 2 is 2.00 bits per heavy atom. The van der Waals surface area contributed by atoms with Crippen LogP contribution in [0.15, 0.2) is 27.4 Å². The predicted octanol–water partition coefficient (Wildman–Crippen LogP) is 3.49. The van der Waals surface area contributed by atoms with Gasteiger partial charge in [-0.1, -0.05) is 26.2 Å². The molecule has 134 valence electrons. The number of fused-ring (bicyclic) bond motifs is 1. The Hall–Kier alpha value is -2.30. The van der Waals surface area contributed by atoms with E-state index in [1.165, 1.54) is 25.3 Å². The molecule has 0 aliphatic heterocycles. The van der Waals surface area contributed by atoms with Crippen LogP contribution in [-0.4, -0.2) is 18.6 Å². The van der Waals surface area contributed by atoms with Crippen molar-refractivity contribution in [2.24, 2.45) is 0 Å². The lowest BCUT2D eigenvalue weighted by molar-refractivity contribution is -0.124. The van der Waals surface area contributed by atoms with E-state index >= 15 is 0 Å². The SMILES string of the molecule is CCc1cc2c(C)cc(=O)oc2cc1OCC(=O)NC1CCCCC1. The Morgan fingerprint density at radius 3 is 2.72 bits per heavy atom. The molecule has 1 aromatic carbocycles. The Balaban J connectivity index is 1.73. The van der Waals surface area contributed by atoms with E-state index in [0.717, 1.165) is 35.8 Å². The highest BCUT2D eigenvalue weighted by atomic mass is 16.5. The number of ether oxygens (including phenoxy) is 1. The Labute approximate surface area is 147 Å². The number of rotatable bonds is 5. The monoisotopic (exact) mass is 343 g/mol. The lowest BCUT2D eigenvalue weighted by Crippen LogP contribution is -2.39. The van der Waals surface area contributed by atoms with E-state index in [0.29, 0.717) is 11.3 Å². The molecule has 1 heterocycles. The molecule has 0 spiro atoms. The number of aryl methyl sites for hydroxylation is 2. The summed E-state index contributed by atoms with van der Waals surface area (Å²) in [4.78, 5) is 23.7. The van der Waals surface area contributed by atoms with E-state index in [1.807, 2.05) is 19.9 Å². The summed E-state index contributed by atoms with van der Waals surface area (Å²) < 4.78 is 11.0. The van der Waals surface area contributed by atoms with Crippen molar-refractivity contribution >= 4 is 16.9 Å². The molecule has 2 aromatic rings. The molecular formula is C20H25NO4. The van der Waals surface area contributed by atoms with Crippen molar-refractivity contribution in [3.8, 4) is 5.75 Å². The lowest BCUT2D eigenvalue weighted by Gasteiger charge is -2.22. The highest BCUT2D eigenvalue weighted by molar-refractivity contribution is 5.83. The van der Waals surface area contributed by atoms with Crippen molar-refractivity contribution < 1.29 is 13.9 Å². The van der Waals surface area contributed by atoms with Crippen LogP contribution >= 0.6 is 0 Å². The maximum atomic E-state index is 12.1. The first kappa shape index (κ1) is 17.5. The number of amides is 1. The minimum atomic E-state index is -0.379. The van der Waals surface area contributed by atoms with E-state index in [1.54, 1.807) is 6.07 Å². The van der Waals surface area contributed by atoms with Crippen molar-refractivity contribution in [3.63, 3.8) is 0 Å². The van der Waals surface area contributed by atoms with Crippen LogP contribution in [0.4, 0.5) is 0 Å². The molecule has 0 atom stereocenters. The first-order chi connectivity index (χ1) is 12.1. The first-order valence-corrected chi connectivity index (χ1v) is 9.06. The standard InChI is InChI=1S/C20H25NO4/c1-3-14-10-16-13(2)9-20(23)25-18(16)11-17(14)24-12-19(22)21-15-7-5-4-6-8-15/h9-11,15H,3-8,12H2,1-2H3,(H,21,22). The number of hydrogen-bond donors (Lipinski definition) is 1. The Kier molecular flexibility index (Phi) is 5.41. The molecule has 3 rings (SSSR count). The van der Waals surface area contributed by atoms with Crippen LogP contribution in [-0.2, 0) is 11.2 Å². The summed E-state index contributed by atoms with van der Waals surface area (Å²) in [5.74, 6) is 0.502. The normalized spacial score (nSPS) is 15.3. The first-order valence-electron chi connectivity index (χ1n) is 9.06. The van der Waals surface area contributed by atoms with Crippen molar-refractivity contribution in [2.75, 3.05) is 6.61 Å². The number of carbonyl (C=O) groups excluding carboxylic acids is 1. The maximum Gasteiger partial charge on any atom is 0.336 e. The summed E-state index contributed by atoms with van der Waals surface area (Å²) in [6.45, 7) is 3.90. The molecule has 5 heteroatoms. The highest BCUT2D eigenvalue weighted by Gasteiger charge is 2.16. The number of carbonyl (C=O) groups is 1. The van der Waals surface area contributed by atoms with Gasteiger partial charge in [-0.3, -0.25) is 4.79 Å². The summed E-state index contributed by atoms with van der Waals surface area (Å²) in [6, 6.07) is 5.45. The topological polar surface area (TPSA) is 68.5 Å². The van der Waals surface area contributed by atoms with Gasteiger partial charge < -0.3 is 14.5 Å². The minimum Gasteiger partial charge on any atom is -0.483 e. The molecule has 1 aromatic heterocycles. The zero-order valence-electron chi connectivity index (χ0n) is 14.9. The van der Waals surface area contributed by atoms with Gasteiger partial charge >= 0.3 is 5.63 Å². The van der Waals surface area contributed by atoms with Crippen molar-refractivity contribution in [2.45, 2.75) is 58.4 Å². The van der Waals surface area contributed by atoms with Crippen LogP contribution in [0, 0.1) is 6.92 Å². The molecule has 0 unspecified atom stereocenters. The quantitative estimate of drug-likeness (QED) is 0.844. The third-order valence-electron chi connectivity index (χ3n) is 4.84. The average Bonchev–Trinajstić information content (AvgIpc) is 2.60. The summed E-state index contributed by atoms with van der Waals surface area (Å²) in [5, 5.41) is 3.94. The molecule has 1 N–H and O–H groups in total. The molecule has 1 aliphatic rings. The maximum absolute atomic E-state index is 12.1. The largest absolute Gasteiger partial charge is 0.483 e. The molecule has 1 aliphatic carbocycles. The zero-order valence-corrected chi connectivity index (χ0v) is 14.9. The van der Waals surface area contributed by atoms with Crippen LogP contribution in [0.1, 0.15) is 50.2 Å². The third kappa shape index (κ3) is 4.21. The predicted molar refractivity (Wildman–Crippen MR) is 97.1 cm³/mol. The van der Waals surface area contributed by atoms with Gasteiger partial charge in [-0.15, -0.1) is 0 Å². The van der Waals surface area contributed by atoms with Crippen LogP contribution in [0.5, 0.6) is 5.75 Å². The average molecular weight is 343 g/mol. The molecule has 1 amide bonds. The van der Waals surface area contributed by atoms with Gasteiger partial charge in [0.05, 0.1) is 0 Å². The molecule has 1 saturated carbocycles. The minimum absolute atomic E-state index is 0.0228. The molecular weight excluding hydrogens is 318 g/mol. The number of benzene rings is 1. The van der Waals surface area contributed by atoms with Crippen LogP contribution in [0.2, 0.25) is 0 Å². The van der Waals surface area contributed by atoms with Gasteiger partial charge in [-0.05, 0) is 43.4 Å². The van der Waals surface area contributed by atoms with Gasteiger partial charge in [0.1, 0.15) is 11.3 Å². The van der Waals surface area contributed by atoms with Crippen molar-refractivity contribution in [1.82, 2.24) is 5.32 Å². The molecule has 0 saturated heterocycles. The second-order valence-electron chi connectivity index (χ2n) is 6.75.